The average molecular weight is 443 g/mol. The fourth-order valence-corrected chi connectivity index (χ4v) is 3.45. The van der Waals surface area contributed by atoms with E-state index in [1.165, 1.54) is 12.1 Å². The highest BCUT2D eigenvalue weighted by atomic mass is 19.4. The van der Waals surface area contributed by atoms with Gasteiger partial charge in [-0.15, -0.1) is 0 Å². The summed E-state index contributed by atoms with van der Waals surface area (Å²) in [6, 6.07) is 16.0. The third-order valence-corrected chi connectivity index (χ3v) is 5.10. The topological polar surface area (TPSA) is 29.0 Å². The van der Waals surface area contributed by atoms with Crippen molar-refractivity contribution in [2.75, 3.05) is 11.4 Å². The molecule has 0 saturated heterocycles. The maximum Gasteiger partial charge on any atom is 0.416 e. The van der Waals surface area contributed by atoms with Crippen LogP contribution in [0.4, 0.5) is 27.6 Å². The van der Waals surface area contributed by atoms with Crippen LogP contribution in [0.3, 0.4) is 0 Å². The van der Waals surface area contributed by atoms with Gasteiger partial charge in [-0.1, -0.05) is 30.3 Å². The number of fused-ring (bicyclic) bond motifs is 1. The molecule has 4 rings (SSSR count). The third kappa shape index (κ3) is 4.39. The monoisotopic (exact) mass is 443 g/mol. The van der Waals surface area contributed by atoms with Crippen molar-refractivity contribution >= 4 is 16.7 Å². The van der Waals surface area contributed by atoms with Crippen LogP contribution >= 0.6 is 0 Å². The highest BCUT2D eigenvalue weighted by Gasteiger charge is 2.31. The number of rotatable bonds is 5. The van der Waals surface area contributed by atoms with E-state index in [0.29, 0.717) is 29.1 Å². The second-order valence-electron chi connectivity index (χ2n) is 7.20. The lowest BCUT2D eigenvalue weighted by molar-refractivity contribution is -0.137. The predicted molar refractivity (Wildman–Crippen MR) is 113 cm³/mol. The molecule has 0 unspecified atom stereocenters. The average Bonchev–Trinajstić information content (AvgIpc) is 2.78. The summed E-state index contributed by atoms with van der Waals surface area (Å²) >= 11 is 0. The number of benzene rings is 3. The van der Waals surface area contributed by atoms with Crippen LogP contribution < -0.4 is 4.90 Å². The fraction of sp³-hybridized carbons (Fsp3) is 0.167. The number of hydrogen-bond donors (Lipinski definition) is 0. The molecule has 8 heteroatoms. The summed E-state index contributed by atoms with van der Waals surface area (Å²) in [5, 5.41) is 0. The van der Waals surface area contributed by atoms with Gasteiger partial charge in [0, 0.05) is 23.9 Å². The molecule has 0 radical (unpaired) electrons. The molecule has 0 amide bonds. The molecular weight excluding hydrogens is 425 g/mol. The van der Waals surface area contributed by atoms with Crippen LogP contribution in [0.25, 0.3) is 22.3 Å². The number of hydrogen-bond acceptors (Lipinski definition) is 3. The molecule has 3 aromatic carbocycles. The molecular formula is C24H18F5N3. The van der Waals surface area contributed by atoms with E-state index in [4.69, 9.17) is 0 Å². The van der Waals surface area contributed by atoms with E-state index in [1.807, 2.05) is 37.3 Å². The lowest BCUT2D eigenvalue weighted by Gasteiger charge is -2.24. The van der Waals surface area contributed by atoms with Gasteiger partial charge in [-0.25, -0.2) is 18.7 Å². The van der Waals surface area contributed by atoms with Gasteiger partial charge in [0.2, 0.25) is 0 Å². The van der Waals surface area contributed by atoms with Crippen molar-refractivity contribution in [3.8, 4) is 11.3 Å². The largest absolute Gasteiger partial charge is 0.416 e. The molecule has 1 heterocycles. The zero-order valence-corrected chi connectivity index (χ0v) is 17.0. The Morgan fingerprint density at radius 1 is 0.812 bits per heavy atom. The van der Waals surface area contributed by atoms with E-state index >= 15 is 0 Å². The number of nitrogens with zero attached hydrogens (tertiary/aromatic N) is 3. The second kappa shape index (κ2) is 8.53. The highest BCUT2D eigenvalue weighted by molar-refractivity contribution is 5.79. The van der Waals surface area contributed by atoms with E-state index in [1.54, 1.807) is 4.90 Å². The summed E-state index contributed by atoms with van der Waals surface area (Å²) in [4.78, 5) is 10.8. The van der Waals surface area contributed by atoms with Crippen LogP contribution in [0.2, 0.25) is 0 Å². The van der Waals surface area contributed by atoms with Crippen LogP contribution in [-0.4, -0.2) is 16.5 Å². The smallest absolute Gasteiger partial charge is 0.366 e. The molecule has 1 aromatic heterocycles. The Bertz CT molecular complexity index is 1260. The number of alkyl halides is 3. The van der Waals surface area contributed by atoms with E-state index in [2.05, 4.69) is 9.97 Å². The summed E-state index contributed by atoms with van der Waals surface area (Å²) in [5.41, 5.74) is 1.74. The third-order valence-electron chi connectivity index (χ3n) is 5.10. The molecule has 164 valence electrons. The Kier molecular flexibility index (Phi) is 5.78. The standard InChI is InChI=1S/C24H18F5N3/c1-2-32(17-9-10-18(25)19(26)13-17)14-22-23(15-6-4-3-5-7-15)31-20-11-8-16(24(27,28)29)12-21(20)30-22/h3-13H,2,14H2,1H3. The Morgan fingerprint density at radius 3 is 2.22 bits per heavy atom. The molecule has 0 aliphatic rings. The van der Waals surface area contributed by atoms with Crippen molar-refractivity contribution in [3.05, 3.63) is 89.6 Å². The Balaban J connectivity index is 1.84. The van der Waals surface area contributed by atoms with Crippen molar-refractivity contribution in [1.82, 2.24) is 9.97 Å². The molecule has 32 heavy (non-hydrogen) atoms. The van der Waals surface area contributed by atoms with Gasteiger partial charge >= 0.3 is 6.18 Å². The van der Waals surface area contributed by atoms with Crippen LogP contribution in [0, 0.1) is 11.6 Å². The molecule has 0 saturated carbocycles. The summed E-state index contributed by atoms with van der Waals surface area (Å²) in [6.07, 6.45) is -4.50. The first-order valence-corrected chi connectivity index (χ1v) is 9.89. The first-order chi connectivity index (χ1) is 15.3. The summed E-state index contributed by atoms with van der Waals surface area (Å²) < 4.78 is 66.7. The minimum atomic E-state index is -4.50. The van der Waals surface area contributed by atoms with Crippen molar-refractivity contribution in [1.29, 1.82) is 0 Å². The van der Waals surface area contributed by atoms with Crippen molar-refractivity contribution in [2.24, 2.45) is 0 Å². The van der Waals surface area contributed by atoms with Gasteiger partial charge in [0.05, 0.1) is 34.5 Å². The van der Waals surface area contributed by atoms with Crippen molar-refractivity contribution in [3.63, 3.8) is 0 Å². The number of halogens is 5. The van der Waals surface area contributed by atoms with Gasteiger partial charge in [-0.3, -0.25) is 0 Å². The lowest BCUT2D eigenvalue weighted by Crippen LogP contribution is -2.23. The Morgan fingerprint density at radius 2 is 1.56 bits per heavy atom. The predicted octanol–water partition coefficient (Wildman–Crippen LogP) is 6.62. The minimum absolute atomic E-state index is 0.107. The normalized spacial score (nSPS) is 11.7. The van der Waals surface area contributed by atoms with Crippen molar-refractivity contribution < 1.29 is 22.0 Å². The summed E-state index contributed by atoms with van der Waals surface area (Å²) in [6.45, 7) is 2.41. The highest BCUT2D eigenvalue weighted by Crippen LogP contribution is 2.32. The number of anilines is 1. The molecule has 3 nitrogen and oxygen atoms in total. The first kappa shape index (κ1) is 21.7. The molecule has 0 aliphatic heterocycles. The zero-order chi connectivity index (χ0) is 22.9. The van der Waals surface area contributed by atoms with Crippen molar-refractivity contribution in [2.45, 2.75) is 19.6 Å². The van der Waals surface area contributed by atoms with Gasteiger partial charge < -0.3 is 4.90 Å². The lowest BCUT2D eigenvalue weighted by atomic mass is 10.1. The minimum Gasteiger partial charge on any atom is -0.366 e. The van der Waals surface area contributed by atoms with Crippen LogP contribution in [-0.2, 0) is 12.7 Å². The maximum absolute atomic E-state index is 13.8. The van der Waals surface area contributed by atoms with Gasteiger partial charge in [-0.05, 0) is 37.3 Å². The summed E-state index contributed by atoms with van der Waals surface area (Å²) in [5.74, 6) is -1.94. The van der Waals surface area contributed by atoms with Gasteiger partial charge in [0.15, 0.2) is 11.6 Å². The summed E-state index contributed by atoms with van der Waals surface area (Å²) in [7, 11) is 0. The van der Waals surface area contributed by atoms with E-state index < -0.39 is 23.4 Å². The molecule has 0 atom stereocenters. The van der Waals surface area contributed by atoms with E-state index in [0.717, 1.165) is 29.8 Å². The molecule has 0 aliphatic carbocycles. The Hall–Kier alpha value is -3.55. The quantitative estimate of drug-likeness (QED) is 0.325. The maximum atomic E-state index is 13.8. The molecule has 0 bridgehead atoms. The molecule has 4 aromatic rings. The zero-order valence-electron chi connectivity index (χ0n) is 17.0. The second-order valence-corrected chi connectivity index (χ2v) is 7.20. The SMILES string of the molecule is CCN(Cc1nc2cc(C(F)(F)F)ccc2nc1-c1ccccc1)c1ccc(F)c(F)c1. The van der Waals surface area contributed by atoms with E-state index in [-0.39, 0.29) is 12.1 Å². The fourth-order valence-electron chi connectivity index (χ4n) is 3.45. The van der Waals surface area contributed by atoms with Crippen LogP contribution in [0.15, 0.2) is 66.7 Å². The Labute approximate surface area is 181 Å². The van der Waals surface area contributed by atoms with E-state index in [9.17, 15) is 22.0 Å². The van der Waals surface area contributed by atoms with Gasteiger partial charge in [0.25, 0.3) is 0 Å². The van der Waals surface area contributed by atoms with Gasteiger partial charge in [-0.2, -0.15) is 13.2 Å². The first-order valence-electron chi connectivity index (χ1n) is 9.89. The van der Waals surface area contributed by atoms with Crippen LogP contribution in [0.5, 0.6) is 0 Å². The number of aromatic nitrogens is 2. The van der Waals surface area contributed by atoms with Gasteiger partial charge in [0.1, 0.15) is 0 Å². The molecule has 0 N–H and O–H groups in total. The van der Waals surface area contributed by atoms with Crippen LogP contribution in [0.1, 0.15) is 18.2 Å². The molecule has 0 fully saturated rings. The molecule has 0 spiro atoms.